The summed E-state index contributed by atoms with van der Waals surface area (Å²) < 4.78 is 27.2. The van der Waals surface area contributed by atoms with E-state index in [1.54, 1.807) is 15.8 Å². The molecule has 1 rings (SSSR count). The van der Waals surface area contributed by atoms with Crippen molar-refractivity contribution in [2.45, 2.75) is 57.5 Å². The Morgan fingerprint density at radius 3 is 2.65 bits per heavy atom. The van der Waals surface area contributed by atoms with Gasteiger partial charge in [-0.25, -0.2) is 8.42 Å². The highest BCUT2D eigenvalue weighted by Gasteiger charge is 2.28. The highest BCUT2D eigenvalue weighted by atomic mass is 32.2. The van der Waals surface area contributed by atoms with Crippen LogP contribution in [0.5, 0.6) is 0 Å². The second-order valence-corrected chi connectivity index (χ2v) is 7.89. The predicted molar refractivity (Wildman–Crippen MR) is 85.6 cm³/mol. The number of sulfonamides is 1. The van der Waals surface area contributed by atoms with Gasteiger partial charge in [-0.1, -0.05) is 20.3 Å². The lowest BCUT2D eigenvalue weighted by Crippen LogP contribution is -2.38. The van der Waals surface area contributed by atoms with Crippen LogP contribution in [0.25, 0.3) is 0 Å². The van der Waals surface area contributed by atoms with Gasteiger partial charge in [0.15, 0.2) is 0 Å². The third kappa shape index (κ3) is 4.28. The molecule has 1 N–H and O–H groups in total. The average molecular weight is 319 g/mol. The van der Waals surface area contributed by atoms with E-state index < -0.39 is 10.0 Å². The summed E-state index contributed by atoms with van der Waals surface area (Å²) in [6.45, 7) is 7.40. The lowest BCUT2D eigenvalue weighted by Gasteiger charge is -2.27. The molecule has 1 atom stereocenters. The zero-order chi connectivity index (χ0) is 15.2. The van der Waals surface area contributed by atoms with E-state index in [1.165, 1.54) is 11.3 Å². The summed E-state index contributed by atoms with van der Waals surface area (Å²) in [7, 11) is -1.50. The van der Waals surface area contributed by atoms with Gasteiger partial charge in [0.1, 0.15) is 0 Å². The molecule has 1 aromatic heterocycles. The Bertz CT molecular complexity index is 497. The second-order valence-electron chi connectivity index (χ2n) is 5.01. The minimum Gasteiger partial charge on any atom is -0.315 e. The number of hydrogen-bond donors (Lipinski definition) is 1. The van der Waals surface area contributed by atoms with Gasteiger partial charge in [0.2, 0.25) is 10.0 Å². The first kappa shape index (κ1) is 17.6. The molecule has 1 aromatic rings. The minimum absolute atomic E-state index is 0.0409. The van der Waals surface area contributed by atoms with E-state index in [-0.39, 0.29) is 6.04 Å². The van der Waals surface area contributed by atoms with E-state index in [9.17, 15) is 8.42 Å². The number of nitrogens with zero attached hydrogens (tertiary/aromatic N) is 1. The van der Waals surface area contributed by atoms with Gasteiger partial charge in [0.25, 0.3) is 0 Å². The van der Waals surface area contributed by atoms with E-state index in [4.69, 9.17) is 0 Å². The van der Waals surface area contributed by atoms with Crippen LogP contribution in [-0.4, -0.2) is 32.4 Å². The summed E-state index contributed by atoms with van der Waals surface area (Å²) in [6.07, 6.45) is 2.73. The number of nitrogens with one attached hydrogen (secondary N) is 1. The van der Waals surface area contributed by atoms with Gasteiger partial charge in [-0.05, 0) is 32.9 Å². The lowest BCUT2D eigenvalue weighted by atomic mass is 10.2. The minimum atomic E-state index is -3.37. The van der Waals surface area contributed by atoms with E-state index in [0.717, 1.165) is 24.1 Å². The Hall–Kier alpha value is -0.430. The van der Waals surface area contributed by atoms with Gasteiger partial charge >= 0.3 is 0 Å². The molecule has 6 heteroatoms. The van der Waals surface area contributed by atoms with Crippen LogP contribution in [0.2, 0.25) is 0 Å². The van der Waals surface area contributed by atoms with Crippen LogP contribution in [0.4, 0.5) is 0 Å². The van der Waals surface area contributed by atoms with Crippen molar-refractivity contribution in [3.05, 3.63) is 16.3 Å². The molecule has 0 fully saturated rings. The second kappa shape index (κ2) is 8.12. The monoisotopic (exact) mass is 318 g/mol. The molecule has 0 aliphatic rings. The zero-order valence-corrected chi connectivity index (χ0v) is 14.5. The molecule has 1 unspecified atom stereocenters. The Balaban J connectivity index is 3.01. The first-order valence-corrected chi connectivity index (χ1v) is 9.53. The Kier molecular flexibility index (Phi) is 7.15. The van der Waals surface area contributed by atoms with Crippen molar-refractivity contribution in [1.29, 1.82) is 0 Å². The summed E-state index contributed by atoms with van der Waals surface area (Å²) in [5.74, 6) is 0. The third-order valence-electron chi connectivity index (χ3n) is 3.40. The smallest absolute Gasteiger partial charge is 0.244 e. The van der Waals surface area contributed by atoms with Crippen molar-refractivity contribution in [1.82, 2.24) is 9.62 Å². The molecule has 0 aliphatic carbocycles. The molecule has 0 amide bonds. The van der Waals surface area contributed by atoms with Crippen LogP contribution in [0.15, 0.2) is 16.3 Å². The summed E-state index contributed by atoms with van der Waals surface area (Å²) >= 11 is 1.49. The van der Waals surface area contributed by atoms with Crippen molar-refractivity contribution < 1.29 is 8.42 Å². The quantitative estimate of drug-likeness (QED) is 0.761. The van der Waals surface area contributed by atoms with Crippen LogP contribution < -0.4 is 5.32 Å². The summed E-state index contributed by atoms with van der Waals surface area (Å²) in [4.78, 5) is 1.48. The molecule has 4 nitrogen and oxygen atoms in total. The van der Waals surface area contributed by atoms with Crippen LogP contribution in [-0.2, 0) is 16.6 Å². The fraction of sp³-hybridized carbons (Fsp3) is 0.714. The Labute approximate surface area is 127 Å². The summed E-state index contributed by atoms with van der Waals surface area (Å²) in [6, 6.07) is 1.83. The molecule has 0 bridgehead atoms. The fourth-order valence-electron chi connectivity index (χ4n) is 1.99. The predicted octanol–water partition coefficient (Wildman–Crippen LogP) is 3.06. The Morgan fingerprint density at radius 1 is 1.40 bits per heavy atom. The molecule has 0 spiro atoms. The summed E-state index contributed by atoms with van der Waals surface area (Å²) in [5.41, 5.74) is 0. The van der Waals surface area contributed by atoms with Crippen molar-refractivity contribution in [3.8, 4) is 0 Å². The van der Waals surface area contributed by atoms with E-state index in [1.807, 2.05) is 20.9 Å². The van der Waals surface area contributed by atoms with E-state index >= 15 is 0 Å². The molecule has 0 aromatic carbocycles. The number of rotatable bonds is 9. The van der Waals surface area contributed by atoms with E-state index in [2.05, 4.69) is 12.2 Å². The van der Waals surface area contributed by atoms with Crippen LogP contribution in [0, 0.1) is 0 Å². The molecule has 0 aliphatic heterocycles. The Morgan fingerprint density at radius 2 is 2.10 bits per heavy atom. The normalized spacial score (nSPS) is 13.8. The maximum Gasteiger partial charge on any atom is 0.244 e. The molecule has 1 heterocycles. The molecular formula is C14H26N2O2S2. The first-order valence-electron chi connectivity index (χ1n) is 7.21. The standard InChI is InChI=1S/C14H26N2O2S2/c1-5-7-8-16(12(3)6-2)20(17,18)14-9-13(10-15-4)19-11-14/h9,11-12,15H,5-8,10H2,1-4H3. The van der Waals surface area contributed by atoms with Gasteiger partial charge in [-0.2, -0.15) is 4.31 Å². The molecule has 20 heavy (non-hydrogen) atoms. The zero-order valence-electron chi connectivity index (χ0n) is 12.8. The number of thiophene rings is 1. The number of unbranched alkanes of at least 4 members (excludes halogenated alkanes) is 1. The molecule has 116 valence electrons. The highest BCUT2D eigenvalue weighted by Crippen LogP contribution is 2.25. The van der Waals surface area contributed by atoms with Crippen molar-refractivity contribution in [3.63, 3.8) is 0 Å². The average Bonchev–Trinajstić information content (AvgIpc) is 2.88. The molecule has 0 saturated carbocycles. The molecular weight excluding hydrogens is 292 g/mol. The van der Waals surface area contributed by atoms with Crippen molar-refractivity contribution in [2.75, 3.05) is 13.6 Å². The molecule has 0 radical (unpaired) electrons. The lowest BCUT2D eigenvalue weighted by molar-refractivity contribution is 0.324. The van der Waals surface area contributed by atoms with Gasteiger partial charge in [0, 0.05) is 29.4 Å². The van der Waals surface area contributed by atoms with Crippen molar-refractivity contribution >= 4 is 21.4 Å². The van der Waals surface area contributed by atoms with Crippen molar-refractivity contribution in [2.24, 2.45) is 0 Å². The topological polar surface area (TPSA) is 49.4 Å². The van der Waals surface area contributed by atoms with Gasteiger partial charge in [-0.3, -0.25) is 0 Å². The maximum atomic E-state index is 12.8. The summed E-state index contributed by atoms with van der Waals surface area (Å²) in [5, 5.41) is 4.80. The number of hydrogen-bond acceptors (Lipinski definition) is 4. The third-order valence-corrected chi connectivity index (χ3v) is 6.48. The van der Waals surface area contributed by atoms with E-state index in [0.29, 0.717) is 18.0 Å². The maximum absolute atomic E-state index is 12.8. The molecule has 0 saturated heterocycles. The van der Waals surface area contributed by atoms with Gasteiger partial charge < -0.3 is 5.32 Å². The fourth-order valence-corrected chi connectivity index (χ4v) is 5.01. The SMILES string of the molecule is CCCCN(C(C)CC)S(=O)(=O)c1csc(CNC)c1. The van der Waals surface area contributed by atoms with Gasteiger partial charge in [0.05, 0.1) is 4.90 Å². The largest absolute Gasteiger partial charge is 0.315 e. The van der Waals surface area contributed by atoms with Gasteiger partial charge in [-0.15, -0.1) is 11.3 Å². The van der Waals surface area contributed by atoms with Crippen LogP contribution in [0.3, 0.4) is 0 Å². The van der Waals surface area contributed by atoms with Crippen LogP contribution >= 0.6 is 11.3 Å². The first-order chi connectivity index (χ1) is 9.47. The van der Waals surface area contributed by atoms with Crippen LogP contribution in [0.1, 0.15) is 44.9 Å². The highest BCUT2D eigenvalue weighted by molar-refractivity contribution is 7.89.